The van der Waals surface area contributed by atoms with Crippen LogP contribution in [-0.2, 0) is 17.9 Å². The molecule has 5 aromatic rings. The molecule has 0 saturated heterocycles. The van der Waals surface area contributed by atoms with Crippen LogP contribution in [0.1, 0.15) is 22.6 Å². The fourth-order valence-electron chi connectivity index (χ4n) is 4.56. The number of benzene rings is 3. The molecule has 2 N–H and O–H groups in total. The van der Waals surface area contributed by atoms with Crippen LogP contribution in [0, 0.1) is 5.82 Å². The number of fused-ring (bicyclic) bond motifs is 3. The molecule has 184 valence electrons. The highest BCUT2D eigenvalue weighted by molar-refractivity contribution is 5.89. The Morgan fingerprint density at radius 1 is 0.946 bits per heavy atom. The molecule has 0 fully saturated rings. The molecule has 0 spiro atoms. The fourth-order valence-corrected chi connectivity index (χ4v) is 4.56. The van der Waals surface area contributed by atoms with E-state index in [1.54, 1.807) is 23.0 Å². The van der Waals surface area contributed by atoms with Crippen LogP contribution >= 0.6 is 0 Å². The van der Waals surface area contributed by atoms with Gasteiger partial charge < -0.3 is 15.4 Å². The number of nitrogens with one attached hydrogen (secondary N) is 2. The summed E-state index contributed by atoms with van der Waals surface area (Å²) >= 11 is 0. The molecule has 6 rings (SSSR count). The molecule has 0 radical (unpaired) electrons. The molecule has 0 aliphatic carbocycles. The minimum atomic E-state index is -0.458. The second-order valence-corrected chi connectivity index (χ2v) is 8.71. The van der Waals surface area contributed by atoms with E-state index in [0.29, 0.717) is 42.6 Å². The molecule has 3 aromatic carbocycles. The summed E-state index contributed by atoms with van der Waals surface area (Å²) in [6.07, 6.45) is 3.18. The number of rotatable bonds is 7. The Labute approximate surface area is 212 Å². The van der Waals surface area contributed by atoms with Gasteiger partial charge in [-0.25, -0.2) is 19.0 Å². The van der Waals surface area contributed by atoms with E-state index in [1.807, 2.05) is 48.5 Å². The highest BCUT2D eigenvalue weighted by Gasteiger charge is 2.32. The van der Waals surface area contributed by atoms with Gasteiger partial charge in [-0.05, 0) is 29.8 Å². The van der Waals surface area contributed by atoms with E-state index in [-0.39, 0.29) is 11.7 Å². The number of carbonyl (C=O) groups excluding carboxylic acids is 1. The molecular weight excluding hydrogens is 471 g/mol. The number of para-hydroxylation sites is 2. The summed E-state index contributed by atoms with van der Waals surface area (Å²) in [6, 6.07) is 21.5. The molecule has 9 heteroatoms. The first-order chi connectivity index (χ1) is 18.2. The van der Waals surface area contributed by atoms with E-state index in [2.05, 4.69) is 25.7 Å². The molecule has 37 heavy (non-hydrogen) atoms. The lowest BCUT2D eigenvalue weighted by molar-refractivity contribution is -0.121. The van der Waals surface area contributed by atoms with Crippen LogP contribution in [-0.4, -0.2) is 32.2 Å². The molecular formula is C28H23FN6O2. The number of anilines is 1. The maximum absolute atomic E-state index is 13.4. The summed E-state index contributed by atoms with van der Waals surface area (Å²) in [6.45, 7) is 1.30. The van der Waals surface area contributed by atoms with Crippen LogP contribution in [0.3, 0.4) is 0 Å². The van der Waals surface area contributed by atoms with Gasteiger partial charge in [0.25, 0.3) is 0 Å². The van der Waals surface area contributed by atoms with Crippen LogP contribution in [0.5, 0.6) is 11.5 Å². The number of nitrogens with zero attached hydrogens (tertiary/aromatic N) is 4. The van der Waals surface area contributed by atoms with Gasteiger partial charge in [-0.1, -0.05) is 48.5 Å². The maximum Gasteiger partial charge on any atom is 0.232 e. The first kappa shape index (κ1) is 22.7. The summed E-state index contributed by atoms with van der Waals surface area (Å²) in [7, 11) is 0. The Morgan fingerprint density at radius 2 is 1.65 bits per heavy atom. The average molecular weight is 495 g/mol. The molecule has 0 atom stereocenters. The van der Waals surface area contributed by atoms with E-state index >= 15 is 0 Å². The standard InChI is InChI=1S/C28H23FN6O2/c29-19-11-9-18(10-12-19)15-31-26-22-16-34-35(27(22)33-17-32-26)14-13-30-28(36)25-20-5-1-3-7-23(20)37-24-8-4-2-6-21(24)25/h1-12,16-17,25H,13-15H2,(H,30,36)(H,31,32,33). The molecule has 1 aliphatic heterocycles. The lowest BCUT2D eigenvalue weighted by atomic mass is 9.87. The summed E-state index contributed by atoms with van der Waals surface area (Å²) in [5, 5.41) is 11.5. The predicted octanol–water partition coefficient (Wildman–Crippen LogP) is 4.63. The molecule has 8 nitrogen and oxygen atoms in total. The van der Waals surface area contributed by atoms with Gasteiger partial charge in [-0.3, -0.25) is 4.79 Å². The van der Waals surface area contributed by atoms with Gasteiger partial charge >= 0.3 is 0 Å². The van der Waals surface area contributed by atoms with E-state index in [9.17, 15) is 9.18 Å². The van der Waals surface area contributed by atoms with E-state index < -0.39 is 5.92 Å². The van der Waals surface area contributed by atoms with Crippen molar-refractivity contribution in [3.63, 3.8) is 0 Å². The molecule has 2 aromatic heterocycles. The highest BCUT2D eigenvalue weighted by atomic mass is 19.1. The Kier molecular flexibility index (Phi) is 5.94. The fraction of sp³-hybridized carbons (Fsp3) is 0.143. The van der Waals surface area contributed by atoms with Gasteiger partial charge in [0, 0.05) is 24.2 Å². The third kappa shape index (κ3) is 4.47. The molecule has 0 bridgehead atoms. The Morgan fingerprint density at radius 3 is 2.38 bits per heavy atom. The minimum Gasteiger partial charge on any atom is -0.457 e. The number of hydrogen-bond donors (Lipinski definition) is 2. The van der Waals surface area contributed by atoms with Crippen LogP contribution in [0.4, 0.5) is 10.2 Å². The second kappa shape index (κ2) is 9.69. The van der Waals surface area contributed by atoms with Crippen molar-refractivity contribution in [3.8, 4) is 11.5 Å². The monoisotopic (exact) mass is 494 g/mol. The first-order valence-electron chi connectivity index (χ1n) is 12.0. The van der Waals surface area contributed by atoms with Gasteiger partial charge in [0.05, 0.1) is 24.0 Å². The lowest BCUT2D eigenvalue weighted by Crippen LogP contribution is -2.33. The van der Waals surface area contributed by atoms with Crippen molar-refractivity contribution in [1.29, 1.82) is 0 Å². The summed E-state index contributed by atoms with van der Waals surface area (Å²) < 4.78 is 20.9. The van der Waals surface area contributed by atoms with Gasteiger partial charge in [-0.15, -0.1) is 0 Å². The molecule has 3 heterocycles. The van der Waals surface area contributed by atoms with Crippen molar-refractivity contribution in [3.05, 3.63) is 108 Å². The van der Waals surface area contributed by atoms with Gasteiger partial charge in [0.1, 0.15) is 29.5 Å². The zero-order valence-corrected chi connectivity index (χ0v) is 19.8. The number of aromatic nitrogens is 4. The zero-order valence-electron chi connectivity index (χ0n) is 19.8. The summed E-state index contributed by atoms with van der Waals surface area (Å²) in [4.78, 5) is 22.1. The zero-order chi connectivity index (χ0) is 25.2. The third-order valence-electron chi connectivity index (χ3n) is 6.37. The smallest absolute Gasteiger partial charge is 0.232 e. The molecule has 1 amide bonds. The van der Waals surface area contributed by atoms with Gasteiger partial charge in [0.15, 0.2) is 5.65 Å². The van der Waals surface area contributed by atoms with Crippen molar-refractivity contribution in [1.82, 2.24) is 25.1 Å². The Bertz CT molecular complexity index is 1540. The van der Waals surface area contributed by atoms with Crippen LogP contribution in [0.15, 0.2) is 85.3 Å². The second-order valence-electron chi connectivity index (χ2n) is 8.71. The van der Waals surface area contributed by atoms with Crippen molar-refractivity contribution < 1.29 is 13.9 Å². The predicted molar refractivity (Wildman–Crippen MR) is 137 cm³/mol. The number of carbonyl (C=O) groups is 1. The average Bonchev–Trinajstić information content (AvgIpc) is 3.35. The van der Waals surface area contributed by atoms with Crippen molar-refractivity contribution in [2.24, 2.45) is 0 Å². The molecule has 0 unspecified atom stereocenters. The SMILES string of the molecule is O=C(NCCn1ncc2c(NCc3ccc(F)cc3)ncnc21)C1c2ccccc2Oc2ccccc21. The number of ether oxygens (including phenoxy) is 1. The summed E-state index contributed by atoms with van der Waals surface area (Å²) in [5.41, 5.74) is 3.27. The number of amides is 1. The summed E-state index contributed by atoms with van der Waals surface area (Å²) in [5.74, 6) is 1.19. The minimum absolute atomic E-state index is 0.101. The van der Waals surface area contributed by atoms with Gasteiger partial charge in [0.2, 0.25) is 5.91 Å². The van der Waals surface area contributed by atoms with Gasteiger partial charge in [-0.2, -0.15) is 5.10 Å². The van der Waals surface area contributed by atoms with Crippen LogP contribution < -0.4 is 15.4 Å². The number of hydrogen-bond acceptors (Lipinski definition) is 6. The van der Waals surface area contributed by atoms with Crippen molar-refractivity contribution >= 4 is 22.8 Å². The lowest BCUT2D eigenvalue weighted by Gasteiger charge is -2.27. The van der Waals surface area contributed by atoms with Crippen LogP contribution in [0.2, 0.25) is 0 Å². The topological polar surface area (TPSA) is 94.0 Å². The molecule has 0 saturated carbocycles. The highest BCUT2D eigenvalue weighted by Crippen LogP contribution is 2.43. The van der Waals surface area contributed by atoms with E-state index in [0.717, 1.165) is 22.1 Å². The van der Waals surface area contributed by atoms with Crippen LogP contribution in [0.25, 0.3) is 11.0 Å². The van der Waals surface area contributed by atoms with Crippen molar-refractivity contribution in [2.45, 2.75) is 19.0 Å². The van der Waals surface area contributed by atoms with Crippen molar-refractivity contribution in [2.75, 3.05) is 11.9 Å². The quantitative estimate of drug-likeness (QED) is 0.343. The third-order valence-corrected chi connectivity index (χ3v) is 6.37. The first-order valence-corrected chi connectivity index (χ1v) is 12.0. The largest absolute Gasteiger partial charge is 0.457 e. The maximum atomic E-state index is 13.4. The Hall–Kier alpha value is -4.79. The number of halogens is 1. The Balaban J connectivity index is 1.15. The molecule has 1 aliphatic rings. The normalized spacial score (nSPS) is 12.5. The van der Waals surface area contributed by atoms with E-state index in [1.165, 1.54) is 18.5 Å². The van der Waals surface area contributed by atoms with E-state index in [4.69, 9.17) is 4.74 Å².